The van der Waals surface area contributed by atoms with Gasteiger partial charge in [-0.25, -0.2) is 4.68 Å². The van der Waals surface area contributed by atoms with E-state index in [-0.39, 0.29) is 18.0 Å². The highest BCUT2D eigenvalue weighted by molar-refractivity contribution is 5.90. The van der Waals surface area contributed by atoms with Gasteiger partial charge in [0.1, 0.15) is 6.54 Å². The number of nitrogens with one attached hydrogen (secondary N) is 1. The van der Waals surface area contributed by atoms with Gasteiger partial charge in [0, 0.05) is 17.3 Å². The third-order valence-electron chi connectivity index (χ3n) is 4.70. The number of amides is 1. The smallest absolute Gasteiger partial charge is 0.267 e. The zero-order valence-electron chi connectivity index (χ0n) is 17.5. The maximum Gasteiger partial charge on any atom is 0.267 e. The first-order valence-corrected chi connectivity index (χ1v) is 9.61. The average molecular weight is 407 g/mol. The second-order valence-corrected chi connectivity index (χ2v) is 7.11. The number of hydrogen-bond donors (Lipinski definition) is 1. The van der Waals surface area contributed by atoms with E-state index in [9.17, 15) is 9.59 Å². The Morgan fingerprint density at radius 1 is 1.00 bits per heavy atom. The van der Waals surface area contributed by atoms with Crippen LogP contribution >= 0.6 is 0 Å². The molecule has 0 aliphatic rings. The lowest BCUT2D eigenvalue weighted by Gasteiger charge is -2.11. The van der Waals surface area contributed by atoms with Crippen molar-refractivity contribution in [2.45, 2.75) is 26.3 Å². The predicted octanol–water partition coefficient (Wildman–Crippen LogP) is 3.69. The van der Waals surface area contributed by atoms with Gasteiger partial charge in [-0.2, -0.15) is 5.10 Å². The van der Waals surface area contributed by atoms with Crippen LogP contribution in [0.4, 0.5) is 5.69 Å². The van der Waals surface area contributed by atoms with Gasteiger partial charge in [-0.05, 0) is 47.9 Å². The first-order valence-electron chi connectivity index (χ1n) is 9.61. The molecule has 0 saturated carbocycles. The molecule has 0 atom stereocenters. The predicted molar refractivity (Wildman–Crippen MR) is 116 cm³/mol. The van der Waals surface area contributed by atoms with E-state index in [0.717, 1.165) is 10.2 Å². The van der Waals surface area contributed by atoms with Crippen LogP contribution in [0.25, 0.3) is 11.3 Å². The summed E-state index contributed by atoms with van der Waals surface area (Å²) in [5, 5.41) is 7.14. The average Bonchev–Trinajstić information content (AvgIpc) is 2.75. The summed E-state index contributed by atoms with van der Waals surface area (Å²) in [4.78, 5) is 24.6. The molecule has 0 spiro atoms. The fraction of sp³-hybridized carbons (Fsp3) is 0.261. The molecule has 0 aliphatic carbocycles. The van der Waals surface area contributed by atoms with Gasteiger partial charge >= 0.3 is 0 Å². The molecule has 1 heterocycles. The molecule has 0 fully saturated rings. The Balaban J connectivity index is 1.78. The van der Waals surface area contributed by atoms with Crippen LogP contribution in [-0.4, -0.2) is 29.9 Å². The number of hydrogen-bond acceptors (Lipinski definition) is 5. The number of benzene rings is 2. The van der Waals surface area contributed by atoms with E-state index >= 15 is 0 Å². The van der Waals surface area contributed by atoms with Crippen molar-refractivity contribution in [3.63, 3.8) is 0 Å². The van der Waals surface area contributed by atoms with Crippen LogP contribution in [0.15, 0.2) is 59.4 Å². The zero-order valence-corrected chi connectivity index (χ0v) is 17.5. The monoisotopic (exact) mass is 407 g/mol. The zero-order chi connectivity index (χ0) is 21.7. The van der Waals surface area contributed by atoms with E-state index in [2.05, 4.69) is 24.3 Å². The van der Waals surface area contributed by atoms with E-state index in [1.807, 2.05) is 30.3 Å². The molecule has 3 rings (SSSR count). The minimum Gasteiger partial charge on any atom is -0.493 e. The molecule has 7 heteroatoms. The van der Waals surface area contributed by atoms with E-state index < -0.39 is 0 Å². The SMILES string of the molecule is COc1ccc(-c2ccc(=O)n(CC(=O)Nc3ccc(C(C)C)cc3)n2)cc1OC. The maximum absolute atomic E-state index is 12.4. The summed E-state index contributed by atoms with van der Waals surface area (Å²) >= 11 is 0. The number of anilines is 1. The van der Waals surface area contributed by atoms with Crippen molar-refractivity contribution in [3.8, 4) is 22.8 Å². The molecule has 0 bridgehead atoms. The molecular formula is C23H25N3O4. The van der Waals surface area contributed by atoms with E-state index in [0.29, 0.717) is 28.8 Å². The van der Waals surface area contributed by atoms with Gasteiger partial charge in [-0.15, -0.1) is 0 Å². The highest BCUT2D eigenvalue weighted by Gasteiger charge is 2.11. The Morgan fingerprint density at radius 2 is 1.70 bits per heavy atom. The second-order valence-electron chi connectivity index (χ2n) is 7.11. The van der Waals surface area contributed by atoms with Crippen molar-refractivity contribution in [2.75, 3.05) is 19.5 Å². The van der Waals surface area contributed by atoms with Crippen molar-refractivity contribution >= 4 is 11.6 Å². The lowest BCUT2D eigenvalue weighted by Crippen LogP contribution is -2.29. The molecule has 1 aromatic heterocycles. The van der Waals surface area contributed by atoms with Crippen LogP contribution in [0.3, 0.4) is 0 Å². The largest absolute Gasteiger partial charge is 0.493 e. The standard InChI is InChI=1S/C23H25N3O4/c1-15(2)16-5-8-18(9-6-16)24-22(27)14-26-23(28)12-10-19(25-26)17-7-11-20(29-3)21(13-17)30-4/h5-13,15H,14H2,1-4H3,(H,24,27). The summed E-state index contributed by atoms with van der Waals surface area (Å²) in [6, 6.07) is 16.0. The summed E-state index contributed by atoms with van der Waals surface area (Å²) in [5.41, 5.74) is 2.79. The summed E-state index contributed by atoms with van der Waals surface area (Å²) in [7, 11) is 3.11. The number of carbonyl (C=O) groups is 1. The molecule has 1 amide bonds. The molecule has 156 valence electrons. The van der Waals surface area contributed by atoms with Crippen LogP contribution < -0.4 is 20.3 Å². The molecule has 3 aromatic rings. The molecular weight excluding hydrogens is 382 g/mol. The molecule has 0 saturated heterocycles. The fourth-order valence-corrected chi connectivity index (χ4v) is 3.00. The number of ether oxygens (including phenoxy) is 2. The van der Waals surface area contributed by atoms with Crippen LogP contribution in [0.1, 0.15) is 25.3 Å². The molecule has 7 nitrogen and oxygen atoms in total. The van der Waals surface area contributed by atoms with Gasteiger partial charge in [0.2, 0.25) is 5.91 Å². The van der Waals surface area contributed by atoms with Crippen LogP contribution in [-0.2, 0) is 11.3 Å². The van der Waals surface area contributed by atoms with Crippen molar-refractivity contribution in [3.05, 3.63) is 70.5 Å². The Kier molecular flexibility index (Phi) is 6.51. The lowest BCUT2D eigenvalue weighted by molar-refractivity contribution is -0.117. The third-order valence-corrected chi connectivity index (χ3v) is 4.70. The quantitative estimate of drug-likeness (QED) is 0.646. The van der Waals surface area contributed by atoms with E-state index in [4.69, 9.17) is 9.47 Å². The second kappa shape index (κ2) is 9.26. The molecule has 0 unspecified atom stereocenters. The number of nitrogens with zero attached hydrogens (tertiary/aromatic N) is 2. The highest BCUT2D eigenvalue weighted by atomic mass is 16.5. The number of methoxy groups -OCH3 is 2. The summed E-state index contributed by atoms with van der Waals surface area (Å²) in [6.07, 6.45) is 0. The van der Waals surface area contributed by atoms with Crippen molar-refractivity contribution < 1.29 is 14.3 Å². The normalized spacial score (nSPS) is 10.7. The molecule has 30 heavy (non-hydrogen) atoms. The Labute approximate surface area is 175 Å². The first kappa shape index (κ1) is 21.1. The number of rotatable bonds is 7. The van der Waals surface area contributed by atoms with Crippen molar-refractivity contribution in [2.24, 2.45) is 0 Å². The highest BCUT2D eigenvalue weighted by Crippen LogP contribution is 2.31. The van der Waals surface area contributed by atoms with Gasteiger partial charge < -0.3 is 14.8 Å². The number of aromatic nitrogens is 2. The first-order chi connectivity index (χ1) is 14.4. The molecule has 0 radical (unpaired) electrons. The minimum atomic E-state index is -0.357. The van der Waals surface area contributed by atoms with Crippen LogP contribution in [0.2, 0.25) is 0 Å². The van der Waals surface area contributed by atoms with Gasteiger partial charge in [0.25, 0.3) is 5.56 Å². The summed E-state index contributed by atoms with van der Waals surface area (Å²) in [5.74, 6) is 1.23. The van der Waals surface area contributed by atoms with Crippen LogP contribution in [0.5, 0.6) is 11.5 Å². The van der Waals surface area contributed by atoms with Crippen molar-refractivity contribution in [1.82, 2.24) is 9.78 Å². The summed E-state index contributed by atoms with van der Waals surface area (Å²) < 4.78 is 11.7. The Bertz CT molecular complexity index is 1090. The van der Waals surface area contributed by atoms with Gasteiger partial charge in [-0.3, -0.25) is 9.59 Å². The summed E-state index contributed by atoms with van der Waals surface area (Å²) in [6.45, 7) is 4.03. The molecule has 0 aliphatic heterocycles. The van der Waals surface area contributed by atoms with Crippen molar-refractivity contribution in [1.29, 1.82) is 0 Å². The number of carbonyl (C=O) groups excluding carboxylic acids is 1. The van der Waals surface area contributed by atoms with Gasteiger partial charge in [0.15, 0.2) is 11.5 Å². The minimum absolute atomic E-state index is 0.189. The lowest BCUT2D eigenvalue weighted by atomic mass is 10.0. The Hall–Kier alpha value is -3.61. The molecule has 2 aromatic carbocycles. The van der Waals surface area contributed by atoms with Gasteiger partial charge in [-0.1, -0.05) is 26.0 Å². The third kappa shape index (κ3) is 4.86. The fourth-order valence-electron chi connectivity index (χ4n) is 3.00. The van der Waals surface area contributed by atoms with E-state index in [1.165, 1.54) is 11.6 Å². The van der Waals surface area contributed by atoms with Gasteiger partial charge in [0.05, 0.1) is 19.9 Å². The topological polar surface area (TPSA) is 82.5 Å². The van der Waals surface area contributed by atoms with E-state index in [1.54, 1.807) is 32.4 Å². The Morgan fingerprint density at radius 3 is 2.33 bits per heavy atom. The van der Waals surface area contributed by atoms with Crippen LogP contribution in [0, 0.1) is 0 Å². The molecule has 1 N–H and O–H groups in total. The maximum atomic E-state index is 12.4.